The Morgan fingerprint density at radius 2 is 1.90 bits per heavy atom. The van der Waals surface area contributed by atoms with Crippen LogP contribution < -0.4 is 0 Å². The Balaban J connectivity index is 2.18. The number of pyridine rings is 1. The van der Waals surface area contributed by atoms with Gasteiger partial charge < -0.3 is 5.11 Å². The molecule has 1 aliphatic rings. The number of hydrogen-bond donors (Lipinski definition) is 1. The number of aliphatic hydroxyl groups is 1. The third-order valence-electron chi connectivity index (χ3n) is 5.06. The predicted molar refractivity (Wildman–Crippen MR) is 87.1 cm³/mol. The Morgan fingerprint density at radius 3 is 2.67 bits per heavy atom. The lowest BCUT2D eigenvalue weighted by molar-refractivity contribution is -0.0950. The van der Waals surface area contributed by atoms with Crippen molar-refractivity contribution in [3.05, 3.63) is 42.2 Å². The normalized spacial score (nSPS) is 27.0. The number of rotatable bonds is 1. The molecule has 0 saturated heterocycles. The minimum absolute atomic E-state index is 0.0894. The molecular formula is C19H25NO. The van der Waals surface area contributed by atoms with Gasteiger partial charge in [0.1, 0.15) is 0 Å². The molecule has 2 atom stereocenters. The quantitative estimate of drug-likeness (QED) is 0.825. The molecule has 1 saturated carbocycles. The summed E-state index contributed by atoms with van der Waals surface area (Å²) in [7, 11) is 0. The number of aromatic nitrogens is 1. The highest BCUT2D eigenvalue weighted by Crippen LogP contribution is 2.50. The average Bonchev–Trinajstić information content (AvgIpc) is 2.46. The van der Waals surface area contributed by atoms with Crippen LogP contribution in [-0.2, 0) is 5.60 Å². The van der Waals surface area contributed by atoms with Crippen LogP contribution in [0.25, 0.3) is 10.8 Å². The van der Waals surface area contributed by atoms with E-state index in [1.54, 1.807) is 0 Å². The molecule has 1 N–H and O–H groups in total. The van der Waals surface area contributed by atoms with Crippen LogP contribution >= 0.6 is 0 Å². The molecule has 3 rings (SSSR count). The first-order valence-corrected chi connectivity index (χ1v) is 7.98. The van der Waals surface area contributed by atoms with Gasteiger partial charge in [-0.15, -0.1) is 0 Å². The van der Waals surface area contributed by atoms with Crippen LogP contribution in [0.2, 0.25) is 0 Å². The summed E-state index contributed by atoms with van der Waals surface area (Å²) >= 11 is 0. The first kappa shape index (κ1) is 14.5. The number of nitrogens with zero attached hydrogens (tertiary/aromatic N) is 1. The Labute approximate surface area is 127 Å². The maximum atomic E-state index is 11.6. The molecule has 1 heterocycles. The second-order valence-electron chi connectivity index (χ2n) is 7.50. The van der Waals surface area contributed by atoms with Crippen LogP contribution in [0.1, 0.15) is 52.0 Å². The van der Waals surface area contributed by atoms with Crippen molar-refractivity contribution in [2.75, 3.05) is 0 Å². The Bertz CT molecular complexity index is 638. The molecule has 0 radical (unpaired) electrons. The maximum Gasteiger partial charge on any atom is 0.0950 e. The van der Waals surface area contributed by atoms with Gasteiger partial charge in [-0.1, -0.05) is 57.9 Å². The van der Waals surface area contributed by atoms with Gasteiger partial charge in [-0.25, -0.2) is 0 Å². The van der Waals surface area contributed by atoms with Gasteiger partial charge in [0.05, 0.1) is 5.60 Å². The van der Waals surface area contributed by atoms with Gasteiger partial charge in [-0.2, -0.15) is 0 Å². The molecule has 0 aliphatic heterocycles. The third-order valence-corrected chi connectivity index (χ3v) is 5.06. The summed E-state index contributed by atoms with van der Waals surface area (Å²) in [4.78, 5) is 4.39. The number of fused-ring (bicyclic) bond motifs is 1. The highest BCUT2D eigenvalue weighted by atomic mass is 16.3. The van der Waals surface area contributed by atoms with E-state index in [1.165, 1.54) is 6.42 Å². The minimum atomic E-state index is -0.760. The Morgan fingerprint density at radius 1 is 1.14 bits per heavy atom. The van der Waals surface area contributed by atoms with E-state index in [-0.39, 0.29) is 11.3 Å². The first-order chi connectivity index (χ1) is 9.93. The van der Waals surface area contributed by atoms with Crippen LogP contribution in [0.3, 0.4) is 0 Å². The molecule has 2 unspecified atom stereocenters. The van der Waals surface area contributed by atoms with Crippen molar-refractivity contribution >= 4 is 10.8 Å². The van der Waals surface area contributed by atoms with Gasteiger partial charge in [0, 0.05) is 23.3 Å². The monoisotopic (exact) mass is 283 g/mol. The van der Waals surface area contributed by atoms with Crippen LogP contribution in [0.4, 0.5) is 0 Å². The van der Waals surface area contributed by atoms with Crippen molar-refractivity contribution in [1.29, 1.82) is 0 Å². The van der Waals surface area contributed by atoms with Crippen LogP contribution in [0.5, 0.6) is 0 Å². The highest BCUT2D eigenvalue weighted by Gasteiger charge is 2.46. The smallest absolute Gasteiger partial charge is 0.0950 e. The predicted octanol–water partition coefficient (Wildman–Crippen LogP) is 4.66. The fourth-order valence-electron chi connectivity index (χ4n) is 4.09. The molecule has 2 nitrogen and oxygen atoms in total. The van der Waals surface area contributed by atoms with Crippen LogP contribution in [0, 0.1) is 11.3 Å². The van der Waals surface area contributed by atoms with Crippen molar-refractivity contribution in [3.8, 4) is 0 Å². The molecule has 0 bridgehead atoms. The standard InChI is InChI=1S/C19H25NO/c1-18(2,3)17-10-6-7-11-19(17,21)16-13-20-12-14-8-4-5-9-15(14)16/h4-5,8-9,12-13,17,21H,6-7,10-11H2,1-3H3. The van der Waals surface area contributed by atoms with Crippen molar-refractivity contribution in [3.63, 3.8) is 0 Å². The van der Waals surface area contributed by atoms with Gasteiger partial charge in [-0.3, -0.25) is 4.98 Å². The van der Waals surface area contributed by atoms with Crippen LogP contribution in [0.15, 0.2) is 36.7 Å². The van der Waals surface area contributed by atoms with Gasteiger partial charge in [0.25, 0.3) is 0 Å². The van der Waals surface area contributed by atoms with E-state index in [2.05, 4.69) is 37.9 Å². The molecule has 21 heavy (non-hydrogen) atoms. The zero-order valence-electron chi connectivity index (χ0n) is 13.3. The maximum absolute atomic E-state index is 11.6. The summed E-state index contributed by atoms with van der Waals surface area (Å²) in [5.41, 5.74) is 0.344. The summed E-state index contributed by atoms with van der Waals surface area (Å²) in [5.74, 6) is 0.270. The molecule has 1 aromatic heterocycles. The second kappa shape index (κ2) is 5.10. The fourth-order valence-corrected chi connectivity index (χ4v) is 4.09. The molecular weight excluding hydrogens is 258 g/mol. The molecule has 0 amide bonds. The van der Waals surface area contributed by atoms with Crippen molar-refractivity contribution in [2.45, 2.75) is 52.1 Å². The third kappa shape index (κ3) is 2.46. The molecule has 1 aliphatic carbocycles. The zero-order chi connectivity index (χ0) is 15.1. The summed E-state index contributed by atoms with van der Waals surface area (Å²) in [6, 6.07) is 8.26. The lowest BCUT2D eigenvalue weighted by Crippen LogP contribution is -2.44. The minimum Gasteiger partial charge on any atom is -0.385 e. The Kier molecular flexibility index (Phi) is 3.53. The fraction of sp³-hybridized carbons (Fsp3) is 0.526. The number of benzene rings is 1. The van der Waals surface area contributed by atoms with E-state index in [1.807, 2.05) is 24.5 Å². The molecule has 2 heteroatoms. The number of hydrogen-bond acceptors (Lipinski definition) is 2. The SMILES string of the molecule is CC(C)(C)C1CCCCC1(O)c1cncc2ccccc12. The molecule has 1 aromatic carbocycles. The van der Waals surface area contributed by atoms with Crippen molar-refractivity contribution < 1.29 is 5.11 Å². The van der Waals surface area contributed by atoms with Crippen LogP contribution in [-0.4, -0.2) is 10.1 Å². The van der Waals surface area contributed by atoms with Gasteiger partial charge >= 0.3 is 0 Å². The summed E-state index contributed by atoms with van der Waals surface area (Å²) in [6.45, 7) is 6.73. The summed E-state index contributed by atoms with van der Waals surface area (Å²) in [5, 5.41) is 13.9. The van der Waals surface area contributed by atoms with Crippen molar-refractivity contribution in [2.24, 2.45) is 11.3 Å². The van der Waals surface area contributed by atoms with Gasteiger partial charge in [0.2, 0.25) is 0 Å². The first-order valence-electron chi connectivity index (χ1n) is 7.98. The summed E-state index contributed by atoms with van der Waals surface area (Å²) < 4.78 is 0. The topological polar surface area (TPSA) is 33.1 Å². The van der Waals surface area contributed by atoms with Crippen molar-refractivity contribution in [1.82, 2.24) is 4.98 Å². The van der Waals surface area contributed by atoms with Gasteiger partial charge in [0.15, 0.2) is 0 Å². The van der Waals surface area contributed by atoms with E-state index < -0.39 is 5.60 Å². The molecule has 112 valence electrons. The lowest BCUT2D eigenvalue weighted by Gasteiger charge is -2.47. The second-order valence-corrected chi connectivity index (χ2v) is 7.50. The van der Waals surface area contributed by atoms with E-state index in [9.17, 15) is 5.11 Å². The molecule has 0 spiro atoms. The van der Waals surface area contributed by atoms with E-state index in [0.29, 0.717) is 0 Å². The van der Waals surface area contributed by atoms with E-state index >= 15 is 0 Å². The van der Waals surface area contributed by atoms with E-state index in [4.69, 9.17) is 0 Å². The van der Waals surface area contributed by atoms with E-state index in [0.717, 1.165) is 35.6 Å². The lowest BCUT2D eigenvalue weighted by atomic mass is 9.61. The average molecular weight is 283 g/mol. The Hall–Kier alpha value is -1.41. The molecule has 2 aromatic rings. The van der Waals surface area contributed by atoms with Gasteiger partial charge in [-0.05, 0) is 29.6 Å². The zero-order valence-corrected chi connectivity index (χ0v) is 13.3. The summed E-state index contributed by atoms with van der Waals surface area (Å²) in [6.07, 6.45) is 7.99. The largest absolute Gasteiger partial charge is 0.385 e. The highest BCUT2D eigenvalue weighted by molar-refractivity contribution is 5.85. The molecule has 1 fully saturated rings.